The van der Waals surface area contributed by atoms with Crippen molar-refractivity contribution in [3.05, 3.63) is 0 Å². The van der Waals surface area contributed by atoms with E-state index in [0.29, 0.717) is 0 Å². The molecule has 23 heavy (non-hydrogen) atoms. The Morgan fingerprint density at radius 2 is 1.57 bits per heavy atom. The summed E-state index contributed by atoms with van der Waals surface area (Å²) < 4.78 is 100. The monoisotopic (exact) mass is 368 g/mol. The van der Waals surface area contributed by atoms with Crippen molar-refractivity contribution >= 4 is 15.9 Å². The number of piperidine rings is 1. The van der Waals surface area contributed by atoms with Gasteiger partial charge in [-0.05, 0) is 25.7 Å². The van der Waals surface area contributed by atoms with E-state index in [2.05, 4.69) is 0 Å². The molecule has 2 rings (SSSR count). The van der Waals surface area contributed by atoms with Gasteiger partial charge < -0.3 is 5.32 Å². The van der Waals surface area contributed by atoms with Gasteiger partial charge in [0, 0.05) is 12.6 Å². The van der Waals surface area contributed by atoms with E-state index in [1.807, 2.05) is 0 Å². The maximum atomic E-state index is 13.0. The second-order valence-corrected chi connectivity index (χ2v) is 7.78. The van der Waals surface area contributed by atoms with Gasteiger partial charge in [-0.2, -0.15) is 30.6 Å². The Labute approximate surface area is 128 Å². The minimum Gasteiger partial charge on any atom is -0.344 e. The highest BCUT2D eigenvalue weighted by Crippen LogP contribution is 2.39. The fraction of sp³-hybridized carbons (Fsp3) is 0.909. The Morgan fingerprint density at radius 3 is 2.00 bits per heavy atom. The fourth-order valence-corrected chi connectivity index (χ4v) is 4.57. The van der Waals surface area contributed by atoms with Crippen LogP contribution in [0.3, 0.4) is 0 Å². The third-order valence-corrected chi connectivity index (χ3v) is 6.15. The van der Waals surface area contributed by atoms with E-state index >= 15 is 0 Å². The van der Waals surface area contributed by atoms with Crippen molar-refractivity contribution in [3.8, 4) is 0 Å². The van der Waals surface area contributed by atoms with E-state index in [0.717, 1.165) is 0 Å². The molecular formula is C11H14F6N2O3S. The van der Waals surface area contributed by atoms with Crippen LogP contribution >= 0.6 is 0 Å². The maximum Gasteiger partial charge on any atom is 0.471 e. The van der Waals surface area contributed by atoms with Crippen LogP contribution in [0, 0.1) is 0 Å². The van der Waals surface area contributed by atoms with E-state index in [-0.39, 0.29) is 23.6 Å². The largest absolute Gasteiger partial charge is 0.471 e. The van der Waals surface area contributed by atoms with Crippen molar-refractivity contribution in [2.75, 3.05) is 6.54 Å². The lowest BCUT2D eigenvalue weighted by atomic mass is 10.0. The van der Waals surface area contributed by atoms with Crippen molar-refractivity contribution in [2.45, 2.75) is 55.4 Å². The smallest absolute Gasteiger partial charge is 0.344 e. The average Bonchev–Trinajstić information content (AvgIpc) is 3.20. The molecule has 2 aliphatic rings. The number of hydrogen-bond donors (Lipinski definition) is 1. The molecule has 1 saturated heterocycles. The first kappa shape index (κ1) is 18.3. The van der Waals surface area contributed by atoms with Crippen molar-refractivity contribution in [1.82, 2.24) is 9.62 Å². The molecule has 134 valence electrons. The molecular weight excluding hydrogens is 354 g/mol. The van der Waals surface area contributed by atoms with Crippen molar-refractivity contribution < 1.29 is 39.6 Å². The molecule has 2 atom stereocenters. The molecule has 1 amide bonds. The molecule has 0 aromatic heterocycles. The summed E-state index contributed by atoms with van der Waals surface area (Å²) in [5, 5.41) is 0.628. The standard InChI is InChI=1S/C11H14F6N2O3S/c12-10(13,14)8-4-1-6(18-9(20)11(15,16)17)5-19(8)23(21,22)7-2-3-7/h6-8H,1-5H2,(H,18,20)/t6-,8-/m0/s1. The molecule has 1 aliphatic carbocycles. The molecule has 0 aromatic carbocycles. The molecule has 1 saturated carbocycles. The molecule has 0 unspecified atom stereocenters. The molecule has 1 N–H and O–H groups in total. The van der Waals surface area contributed by atoms with E-state index in [9.17, 15) is 39.6 Å². The van der Waals surface area contributed by atoms with Gasteiger partial charge in [-0.1, -0.05) is 0 Å². The first-order valence-electron chi connectivity index (χ1n) is 6.78. The topological polar surface area (TPSA) is 66.5 Å². The van der Waals surface area contributed by atoms with Crippen LogP contribution in [0.15, 0.2) is 0 Å². The third kappa shape index (κ3) is 4.08. The lowest BCUT2D eigenvalue weighted by Crippen LogP contribution is -2.59. The number of alkyl halides is 6. The predicted octanol–water partition coefficient (Wildman–Crippen LogP) is 1.55. The number of carbonyl (C=O) groups excluding carboxylic acids is 1. The summed E-state index contributed by atoms with van der Waals surface area (Å²) in [6, 6.07) is -3.58. The van der Waals surface area contributed by atoms with Gasteiger partial charge in [-0.15, -0.1) is 0 Å². The summed E-state index contributed by atoms with van der Waals surface area (Å²) in [4.78, 5) is 10.9. The zero-order chi connectivity index (χ0) is 17.6. The third-order valence-electron chi connectivity index (χ3n) is 3.78. The van der Waals surface area contributed by atoms with Gasteiger partial charge in [0.1, 0.15) is 6.04 Å². The molecule has 0 aromatic rings. The van der Waals surface area contributed by atoms with Gasteiger partial charge in [0.05, 0.1) is 5.25 Å². The molecule has 1 heterocycles. The average molecular weight is 368 g/mol. The molecule has 0 bridgehead atoms. The first-order chi connectivity index (χ1) is 10.3. The van der Waals surface area contributed by atoms with Gasteiger partial charge in [0.15, 0.2) is 0 Å². The van der Waals surface area contributed by atoms with E-state index in [4.69, 9.17) is 0 Å². The number of nitrogens with zero attached hydrogens (tertiary/aromatic N) is 1. The number of nitrogens with one attached hydrogen (secondary N) is 1. The van der Waals surface area contributed by atoms with E-state index in [1.54, 1.807) is 5.32 Å². The van der Waals surface area contributed by atoms with Crippen molar-refractivity contribution in [3.63, 3.8) is 0 Å². The Kier molecular flexibility index (Phi) is 4.61. The van der Waals surface area contributed by atoms with Crippen LogP contribution in [0.25, 0.3) is 0 Å². The summed E-state index contributed by atoms with van der Waals surface area (Å²) in [7, 11) is -4.24. The van der Waals surface area contributed by atoms with E-state index < -0.39 is 58.6 Å². The minimum absolute atomic E-state index is 0.204. The van der Waals surface area contributed by atoms with Gasteiger partial charge in [0.25, 0.3) is 0 Å². The first-order valence-corrected chi connectivity index (χ1v) is 8.29. The van der Waals surface area contributed by atoms with Crippen molar-refractivity contribution in [1.29, 1.82) is 0 Å². The minimum atomic E-state index is -5.18. The number of rotatable bonds is 3. The zero-order valence-corrected chi connectivity index (χ0v) is 12.4. The zero-order valence-electron chi connectivity index (χ0n) is 11.6. The number of sulfonamides is 1. The van der Waals surface area contributed by atoms with Crippen LogP contribution in [-0.2, 0) is 14.8 Å². The summed E-state index contributed by atoms with van der Waals surface area (Å²) in [5.41, 5.74) is 0. The number of carbonyl (C=O) groups is 1. The SMILES string of the molecule is O=C(N[C@H]1CC[C@@H](C(F)(F)F)N(S(=O)(=O)C2CC2)C1)C(F)(F)F. The van der Waals surface area contributed by atoms with Crippen LogP contribution in [0.1, 0.15) is 25.7 Å². The van der Waals surface area contributed by atoms with Gasteiger partial charge in [-0.25, -0.2) is 8.42 Å². The molecule has 12 heteroatoms. The second-order valence-electron chi connectivity index (χ2n) is 5.62. The molecule has 0 radical (unpaired) electrons. The Hall–Kier alpha value is -1.04. The summed E-state index contributed by atoms with van der Waals surface area (Å²) >= 11 is 0. The number of amides is 1. The number of hydrogen-bond acceptors (Lipinski definition) is 3. The van der Waals surface area contributed by atoms with Gasteiger partial charge >= 0.3 is 18.3 Å². The highest BCUT2D eigenvalue weighted by Gasteiger charge is 2.54. The molecule has 1 aliphatic heterocycles. The van der Waals surface area contributed by atoms with E-state index in [1.165, 1.54) is 0 Å². The molecule has 5 nitrogen and oxygen atoms in total. The van der Waals surface area contributed by atoms with Crippen LogP contribution in [0.5, 0.6) is 0 Å². The predicted molar refractivity (Wildman–Crippen MR) is 65.7 cm³/mol. The summed E-state index contributed by atoms with van der Waals surface area (Å²) in [6.45, 7) is -0.815. The fourth-order valence-electron chi connectivity index (χ4n) is 2.49. The Balaban J connectivity index is 2.17. The van der Waals surface area contributed by atoms with Crippen LogP contribution < -0.4 is 5.32 Å². The van der Waals surface area contributed by atoms with Gasteiger partial charge in [0.2, 0.25) is 10.0 Å². The number of halogens is 6. The highest BCUT2D eigenvalue weighted by atomic mass is 32.2. The van der Waals surface area contributed by atoms with Crippen LogP contribution in [-0.4, -0.2) is 54.9 Å². The molecule has 2 fully saturated rings. The lowest BCUT2D eigenvalue weighted by Gasteiger charge is -2.39. The quantitative estimate of drug-likeness (QED) is 0.769. The van der Waals surface area contributed by atoms with Gasteiger partial charge in [-0.3, -0.25) is 4.79 Å². The van der Waals surface area contributed by atoms with Crippen molar-refractivity contribution in [2.24, 2.45) is 0 Å². The Bertz CT molecular complexity index is 569. The maximum absolute atomic E-state index is 13.0. The normalized spacial score (nSPS) is 27.7. The van der Waals surface area contributed by atoms with Crippen LogP contribution in [0.2, 0.25) is 0 Å². The second kappa shape index (κ2) is 5.80. The van der Waals surface area contributed by atoms with Crippen LogP contribution in [0.4, 0.5) is 26.3 Å². The summed E-state index contributed by atoms with van der Waals surface area (Å²) in [5.74, 6) is -2.29. The molecule has 0 spiro atoms. The Morgan fingerprint density at radius 1 is 1.00 bits per heavy atom. The summed E-state index contributed by atoms with van der Waals surface area (Å²) in [6.07, 6.45) is -10.6. The highest BCUT2D eigenvalue weighted by molar-refractivity contribution is 7.90. The lowest BCUT2D eigenvalue weighted by molar-refractivity contribution is -0.182.